The first kappa shape index (κ1) is 30.6. The average molecular weight is 493 g/mol. The summed E-state index contributed by atoms with van der Waals surface area (Å²) in [5, 5.41) is 17.7. The van der Waals surface area contributed by atoms with Crippen molar-refractivity contribution in [2.24, 2.45) is 0 Å². The molecule has 0 bridgehead atoms. The van der Waals surface area contributed by atoms with Crippen LogP contribution in [0.15, 0.2) is 66.7 Å². The van der Waals surface area contributed by atoms with Crippen LogP contribution in [0.4, 0.5) is 0 Å². The third-order valence-corrected chi connectivity index (χ3v) is 5.02. The van der Waals surface area contributed by atoms with Crippen LogP contribution in [0.1, 0.15) is 88.9 Å². The zero-order chi connectivity index (χ0) is 27.1. The molecule has 0 aliphatic rings. The summed E-state index contributed by atoms with van der Waals surface area (Å²) in [6.45, 7) is 17.2. The number of nitrogens with zero attached hydrogens (tertiary/aromatic N) is 3. The molecular weight excluding hydrogens is 448 g/mol. The Kier molecular flexibility index (Phi) is 13.2. The van der Waals surface area contributed by atoms with Crippen LogP contribution >= 0.6 is 0 Å². The molecule has 7 heteroatoms. The molecule has 0 aliphatic heterocycles. The number of amides is 1. The number of H-pyrrole nitrogens is 1. The summed E-state index contributed by atoms with van der Waals surface area (Å²) in [4.78, 5) is 12.3. The van der Waals surface area contributed by atoms with E-state index in [1.165, 1.54) is 5.56 Å². The molecule has 3 N–H and O–H groups in total. The van der Waals surface area contributed by atoms with E-state index in [1.807, 2.05) is 88.6 Å². The number of carbonyl (C=O) groups is 1. The Hall–Kier alpha value is -3.45. The molecule has 1 unspecified atom stereocenters. The van der Waals surface area contributed by atoms with E-state index in [2.05, 4.69) is 58.8 Å². The molecule has 2 heterocycles. The highest BCUT2D eigenvalue weighted by Gasteiger charge is 2.22. The maximum atomic E-state index is 12.3. The van der Waals surface area contributed by atoms with Crippen molar-refractivity contribution in [2.75, 3.05) is 7.05 Å². The van der Waals surface area contributed by atoms with Crippen LogP contribution in [0, 0.1) is 0 Å². The summed E-state index contributed by atoms with van der Waals surface area (Å²) in [6, 6.07) is 21.2. The molecule has 0 saturated carbocycles. The van der Waals surface area contributed by atoms with Gasteiger partial charge in [0.1, 0.15) is 0 Å². The van der Waals surface area contributed by atoms with E-state index in [-0.39, 0.29) is 17.4 Å². The normalized spacial score (nSPS) is 11.1. The zero-order valence-electron chi connectivity index (χ0n) is 23.4. The van der Waals surface area contributed by atoms with Gasteiger partial charge < -0.3 is 10.6 Å². The molecule has 0 aliphatic carbocycles. The molecule has 4 rings (SSSR count). The van der Waals surface area contributed by atoms with Crippen molar-refractivity contribution < 1.29 is 4.79 Å². The van der Waals surface area contributed by atoms with Crippen molar-refractivity contribution in [3.63, 3.8) is 0 Å². The SMILES string of the molecule is CC.CC.CC(NC(=O)c1ccccc1)c1nnc2cc(C(C)(C)C)[nH]n12.CNCc1ccccc1. The van der Waals surface area contributed by atoms with Crippen molar-refractivity contribution in [1.82, 2.24) is 30.4 Å². The Labute approximate surface area is 216 Å². The number of aromatic nitrogens is 4. The molecule has 1 atom stereocenters. The van der Waals surface area contributed by atoms with Crippen molar-refractivity contribution in [3.8, 4) is 0 Å². The largest absolute Gasteiger partial charge is 0.342 e. The lowest BCUT2D eigenvalue weighted by molar-refractivity contribution is 0.0938. The lowest BCUT2D eigenvalue weighted by atomic mass is 9.93. The summed E-state index contributed by atoms with van der Waals surface area (Å²) >= 11 is 0. The van der Waals surface area contributed by atoms with Crippen LogP contribution in [0.25, 0.3) is 5.65 Å². The number of aromatic amines is 1. The zero-order valence-corrected chi connectivity index (χ0v) is 23.4. The summed E-state index contributed by atoms with van der Waals surface area (Å²) in [5.74, 6) is 0.553. The fourth-order valence-electron chi connectivity index (χ4n) is 3.20. The van der Waals surface area contributed by atoms with E-state index in [4.69, 9.17) is 0 Å². The van der Waals surface area contributed by atoms with Crippen molar-refractivity contribution >= 4 is 11.6 Å². The maximum absolute atomic E-state index is 12.3. The minimum absolute atomic E-state index is 0.00546. The molecule has 0 fully saturated rings. The van der Waals surface area contributed by atoms with Gasteiger partial charge in [-0.25, -0.2) is 4.52 Å². The van der Waals surface area contributed by atoms with Crippen molar-refractivity contribution in [1.29, 1.82) is 0 Å². The molecule has 2 aromatic carbocycles. The molecule has 4 aromatic rings. The van der Waals surface area contributed by atoms with Crippen LogP contribution in [0.2, 0.25) is 0 Å². The summed E-state index contributed by atoms with van der Waals surface area (Å²) in [5.41, 5.74) is 3.78. The van der Waals surface area contributed by atoms with Crippen LogP contribution in [0.5, 0.6) is 0 Å². The van der Waals surface area contributed by atoms with Crippen LogP contribution in [0.3, 0.4) is 0 Å². The number of fused-ring (bicyclic) bond motifs is 1. The Morgan fingerprint density at radius 2 is 1.50 bits per heavy atom. The molecule has 7 nitrogen and oxygen atoms in total. The monoisotopic (exact) mass is 492 g/mol. The minimum Gasteiger partial charge on any atom is -0.342 e. The highest BCUT2D eigenvalue weighted by Crippen LogP contribution is 2.23. The fraction of sp³-hybridized carbons (Fsp3) is 0.414. The van der Waals surface area contributed by atoms with Gasteiger partial charge in [-0.1, -0.05) is 97.0 Å². The minimum atomic E-state index is -0.260. The van der Waals surface area contributed by atoms with Gasteiger partial charge in [-0.3, -0.25) is 9.89 Å². The van der Waals surface area contributed by atoms with E-state index >= 15 is 0 Å². The Morgan fingerprint density at radius 1 is 0.944 bits per heavy atom. The van der Waals surface area contributed by atoms with Gasteiger partial charge >= 0.3 is 0 Å². The van der Waals surface area contributed by atoms with Crippen molar-refractivity contribution in [2.45, 2.75) is 73.4 Å². The molecule has 196 valence electrons. The molecule has 0 spiro atoms. The lowest BCUT2D eigenvalue weighted by Gasteiger charge is -2.16. The van der Waals surface area contributed by atoms with Gasteiger partial charge in [0.05, 0.1) is 6.04 Å². The summed E-state index contributed by atoms with van der Waals surface area (Å²) in [6.07, 6.45) is 0. The molecular formula is C29H44N6O. The quantitative estimate of drug-likeness (QED) is 0.305. The smallest absolute Gasteiger partial charge is 0.251 e. The number of hydrogen-bond donors (Lipinski definition) is 3. The Balaban J connectivity index is 0.000000417. The van der Waals surface area contributed by atoms with Crippen LogP contribution in [-0.4, -0.2) is 32.8 Å². The van der Waals surface area contributed by atoms with E-state index < -0.39 is 0 Å². The number of carbonyl (C=O) groups excluding carboxylic acids is 1. The predicted molar refractivity (Wildman–Crippen MR) is 150 cm³/mol. The third kappa shape index (κ3) is 8.96. The first-order valence-corrected chi connectivity index (χ1v) is 12.8. The maximum Gasteiger partial charge on any atom is 0.251 e. The number of rotatable bonds is 5. The van der Waals surface area contributed by atoms with E-state index in [1.54, 1.807) is 12.1 Å². The second-order valence-electron chi connectivity index (χ2n) is 8.75. The highest BCUT2D eigenvalue weighted by molar-refractivity contribution is 5.94. The van der Waals surface area contributed by atoms with Gasteiger partial charge in [0, 0.05) is 29.3 Å². The second-order valence-corrected chi connectivity index (χ2v) is 8.75. The molecule has 36 heavy (non-hydrogen) atoms. The first-order valence-electron chi connectivity index (χ1n) is 12.8. The lowest BCUT2D eigenvalue weighted by Crippen LogP contribution is -2.28. The van der Waals surface area contributed by atoms with Gasteiger partial charge in [0.25, 0.3) is 5.91 Å². The number of benzene rings is 2. The standard InChI is InChI=1S/C17H21N5O.C8H11N.2C2H6/c1-11(18-16(23)12-8-6-5-7-9-12)15-20-19-14-10-13(17(2,3)4)21-22(14)15;1-9-7-8-5-3-2-4-6-8;2*1-2/h5-11,21H,1-4H3,(H,18,23);2-6,9H,7H2,1H3;2*1-2H3. The predicted octanol–water partition coefficient (Wildman–Crippen LogP) is 6.30. The van der Waals surface area contributed by atoms with Gasteiger partial charge in [-0.2, -0.15) is 0 Å². The molecule has 2 aromatic heterocycles. The average Bonchev–Trinajstić information content (AvgIpc) is 3.50. The van der Waals surface area contributed by atoms with Crippen molar-refractivity contribution in [3.05, 3.63) is 89.4 Å². The topological polar surface area (TPSA) is 87.1 Å². The van der Waals surface area contributed by atoms with Gasteiger partial charge in [-0.15, -0.1) is 10.2 Å². The Morgan fingerprint density at radius 3 is 2.03 bits per heavy atom. The van der Waals surface area contributed by atoms with Crippen LogP contribution < -0.4 is 10.6 Å². The fourth-order valence-corrected chi connectivity index (χ4v) is 3.20. The van der Waals surface area contributed by atoms with Crippen LogP contribution in [-0.2, 0) is 12.0 Å². The number of hydrogen-bond acceptors (Lipinski definition) is 4. The van der Waals surface area contributed by atoms with Gasteiger partial charge in [-0.05, 0) is 31.7 Å². The van der Waals surface area contributed by atoms with E-state index in [0.717, 1.165) is 17.9 Å². The summed E-state index contributed by atoms with van der Waals surface area (Å²) < 4.78 is 1.83. The van der Waals surface area contributed by atoms with Gasteiger partial charge in [0.15, 0.2) is 11.5 Å². The number of nitrogens with one attached hydrogen (secondary N) is 3. The van der Waals surface area contributed by atoms with E-state index in [9.17, 15) is 4.79 Å². The summed E-state index contributed by atoms with van der Waals surface area (Å²) in [7, 11) is 1.95. The second kappa shape index (κ2) is 15.5. The molecule has 0 radical (unpaired) electrons. The van der Waals surface area contributed by atoms with Gasteiger partial charge in [0.2, 0.25) is 0 Å². The highest BCUT2D eigenvalue weighted by atomic mass is 16.1. The third-order valence-electron chi connectivity index (χ3n) is 5.02. The Bertz CT molecular complexity index is 1130. The van der Waals surface area contributed by atoms with E-state index in [0.29, 0.717) is 11.4 Å². The molecule has 1 amide bonds. The first-order chi connectivity index (χ1) is 17.3. The molecule has 0 saturated heterocycles.